The second-order valence-corrected chi connectivity index (χ2v) is 8.35. The van der Waals surface area contributed by atoms with Gasteiger partial charge in [0, 0.05) is 44.0 Å². The Bertz CT molecular complexity index is 1140. The summed E-state index contributed by atoms with van der Waals surface area (Å²) in [6.45, 7) is 5.42. The number of hydrogen-bond acceptors (Lipinski definition) is 6. The molecule has 1 heterocycles. The Kier molecular flexibility index (Phi) is 8.32. The number of benzene rings is 3. The van der Waals surface area contributed by atoms with Gasteiger partial charge in [-0.3, -0.25) is 14.5 Å². The number of morpholine rings is 1. The maximum absolute atomic E-state index is 12.9. The van der Waals surface area contributed by atoms with Crippen molar-refractivity contribution in [1.29, 1.82) is 0 Å². The van der Waals surface area contributed by atoms with E-state index in [0.29, 0.717) is 29.0 Å². The number of carbonyl (C=O) groups is 2. The highest BCUT2D eigenvalue weighted by molar-refractivity contribution is 6.05. The van der Waals surface area contributed by atoms with Crippen molar-refractivity contribution in [2.75, 3.05) is 55.8 Å². The van der Waals surface area contributed by atoms with Gasteiger partial charge in [-0.2, -0.15) is 0 Å². The van der Waals surface area contributed by atoms with Crippen LogP contribution in [0.25, 0.3) is 0 Å². The van der Waals surface area contributed by atoms with Crippen LogP contribution in [0.2, 0.25) is 0 Å². The first-order chi connectivity index (χ1) is 17.1. The molecule has 1 aliphatic heterocycles. The van der Waals surface area contributed by atoms with Gasteiger partial charge in [0.25, 0.3) is 11.8 Å². The molecular weight excluding hydrogens is 442 g/mol. The molecule has 1 saturated heterocycles. The third-order valence-corrected chi connectivity index (χ3v) is 5.90. The van der Waals surface area contributed by atoms with Crippen LogP contribution in [0.15, 0.2) is 72.8 Å². The SMILES string of the molecule is Nc1ccccc1NC(=O)c1ccc(CNC(=O)c2ccccc2NCCN2CCOCC2)cc1. The van der Waals surface area contributed by atoms with Gasteiger partial charge in [0.2, 0.25) is 0 Å². The Labute approximate surface area is 205 Å². The Morgan fingerprint density at radius 3 is 2.29 bits per heavy atom. The number of amides is 2. The third kappa shape index (κ3) is 6.81. The molecule has 4 rings (SSSR count). The number of para-hydroxylation sites is 3. The van der Waals surface area contributed by atoms with Crippen molar-refractivity contribution in [2.45, 2.75) is 6.54 Å². The molecular formula is C27H31N5O3. The van der Waals surface area contributed by atoms with E-state index >= 15 is 0 Å². The lowest BCUT2D eigenvalue weighted by Crippen LogP contribution is -2.39. The zero-order valence-electron chi connectivity index (χ0n) is 19.6. The summed E-state index contributed by atoms with van der Waals surface area (Å²) < 4.78 is 5.39. The van der Waals surface area contributed by atoms with Crippen LogP contribution in [-0.4, -0.2) is 56.1 Å². The number of carbonyl (C=O) groups excluding carboxylic acids is 2. The lowest BCUT2D eigenvalue weighted by Gasteiger charge is -2.26. The molecule has 2 amide bonds. The molecule has 5 N–H and O–H groups in total. The number of nitrogens with two attached hydrogens (primary N) is 1. The first kappa shape index (κ1) is 24.3. The van der Waals surface area contributed by atoms with Crippen LogP contribution in [0.1, 0.15) is 26.3 Å². The number of ether oxygens (including phenoxy) is 1. The molecule has 35 heavy (non-hydrogen) atoms. The lowest BCUT2D eigenvalue weighted by atomic mass is 10.1. The molecule has 0 bridgehead atoms. The predicted molar refractivity (Wildman–Crippen MR) is 139 cm³/mol. The van der Waals surface area contributed by atoms with Crippen molar-refractivity contribution >= 4 is 28.9 Å². The van der Waals surface area contributed by atoms with E-state index < -0.39 is 0 Å². The number of anilines is 3. The largest absolute Gasteiger partial charge is 0.397 e. The summed E-state index contributed by atoms with van der Waals surface area (Å²) in [6, 6.07) is 21.8. The summed E-state index contributed by atoms with van der Waals surface area (Å²) in [4.78, 5) is 27.7. The van der Waals surface area contributed by atoms with Crippen LogP contribution in [0, 0.1) is 0 Å². The average molecular weight is 474 g/mol. The number of nitrogens with one attached hydrogen (secondary N) is 3. The fraction of sp³-hybridized carbons (Fsp3) is 0.259. The Morgan fingerprint density at radius 1 is 0.857 bits per heavy atom. The van der Waals surface area contributed by atoms with E-state index in [-0.39, 0.29) is 11.8 Å². The highest BCUT2D eigenvalue weighted by Gasteiger charge is 2.13. The second kappa shape index (κ2) is 12.0. The lowest BCUT2D eigenvalue weighted by molar-refractivity contribution is 0.0398. The summed E-state index contributed by atoms with van der Waals surface area (Å²) in [7, 11) is 0. The van der Waals surface area contributed by atoms with Gasteiger partial charge in [-0.25, -0.2) is 0 Å². The molecule has 3 aromatic rings. The van der Waals surface area contributed by atoms with Crippen LogP contribution in [0.5, 0.6) is 0 Å². The molecule has 3 aromatic carbocycles. The van der Waals surface area contributed by atoms with E-state index in [4.69, 9.17) is 10.5 Å². The number of nitrogen functional groups attached to an aromatic ring is 1. The summed E-state index contributed by atoms with van der Waals surface area (Å²) in [6.07, 6.45) is 0. The van der Waals surface area contributed by atoms with Crippen molar-refractivity contribution in [3.05, 3.63) is 89.5 Å². The highest BCUT2D eigenvalue weighted by atomic mass is 16.5. The number of nitrogens with zero attached hydrogens (tertiary/aromatic N) is 1. The molecule has 1 fully saturated rings. The van der Waals surface area contributed by atoms with Gasteiger partial charge in [-0.15, -0.1) is 0 Å². The first-order valence-corrected chi connectivity index (χ1v) is 11.8. The molecule has 182 valence electrons. The van der Waals surface area contributed by atoms with E-state index in [9.17, 15) is 9.59 Å². The van der Waals surface area contributed by atoms with E-state index in [1.165, 1.54) is 0 Å². The number of rotatable bonds is 9. The minimum atomic E-state index is -0.240. The van der Waals surface area contributed by atoms with Crippen LogP contribution in [-0.2, 0) is 11.3 Å². The summed E-state index contributed by atoms with van der Waals surface area (Å²) in [5.41, 5.74) is 9.80. The average Bonchev–Trinajstić information content (AvgIpc) is 2.90. The van der Waals surface area contributed by atoms with Crippen molar-refractivity contribution in [3.8, 4) is 0 Å². The minimum Gasteiger partial charge on any atom is -0.397 e. The molecule has 0 radical (unpaired) electrons. The molecule has 8 nitrogen and oxygen atoms in total. The Balaban J connectivity index is 1.29. The van der Waals surface area contributed by atoms with Gasteiger partial charge >= 0.3 is 0 Å². The van der Waals surface area contributed by atoms with E-state index in [1.54, 1.807) is 24.3 Å². The van der Waals surface area contributed by atoms with Gasteiger partial charge < -0.3 is 26.4 Å². The maximum Gasteiger partial charge on any atom is 0.255 e. The Hall–Kier alpha value is -3.88. The predicted octanol–water partition coefficient (Wildman–Crippen LogP) is 3.20. The molecule has 0 aromatic heterocycles. The standard InChI is InChI=1S/C27H31N5O3/c28-23-6-2-4-8-25(23)31-26(33)21-11-9-20(10-12-21)19-30-27(34)22-5-1-3-7-24(22)29-13-14-32-15-17-35-18-16-32/h1-12,29H,13-19,28H2,(H,30,34)(H,31,33). The zero-order valence-corrected chi connectivity index (χ0v) is 19.6. The van der Waals surface area contributed by atoms with Gasteiger partial charge in [-0.1, -0.05) is 36.4 Å². The normalized spacial score (nSPS) is 13.7. The molecule has 0 aliphatic carbocycles. The molecule has 0 spiro atoms. The van der Waals surface area contributed by atoms with E-state index in [2.05, 4.69) is 20.9 Å². The van der Waals surface area contributed by atoms with Crippen LogP contribution in [0.3, 0.4) is 0 Å². The summed E-state index contributed by atoms with van der Waals surface area (Å²) >= 11 is 0. The molecule has 1 aliphatic rings. The van der Waals surface area contributed by atoms with Crippen LogP contribution in [0.4, 0.5) is 17.1 Å². The minimum absolute atomic E-state index is 0.152. The van der Waals surface area contributed by atoms with Crippen molar-refractivity contribution < 1.29 is 14.3 Å². The first-order valence-electron chi connectivity index (χ1n) is 11.8. The third-order valence-electron chi connectivity index (χ3n) is 5.90. The van der Waals surface area contributed by atoms with Gasteiger partial charge in [0.15, 0.2) is 0 Å². The van der Waals surface area contributed by atoms with Crippen molar-refractivity contribution in [2.24, 2.45) is 0 Å². The fourth-order valence-electron chi connectivity index (χ4n) is 3.87. The fourth-order valence-corrected chi connectivity index (χ4v) is 3.87. The Morgan fingerprint density at radius 2 is 1.54 bits per heavy atom. The topological polar surface area (TPSA) is 109 Å². The molecule has 0 saturated carbocycles. The zero-order chi connectivity index (χ0) is 24.5. The highest BCUT2D eigenvalue weighted by Crippen LogP contribution is 2.18. The van der Waals surface area contributed by atoms with Crippen molar-refractivity contribution in [3.63, 3.8) is 0 Å². The summed E-state index contributed by atoms with van der Waals surface area (Å²) in [5, 5.41) is 9.17. The second-order valence-electron chi connectivity index (χ2n) is 8.35. The summed E-state index contributed by atoms with van der Waals surface area (Å²) in [5.74, 6) is -0.392. The van der Waals surface area contributed by atoms with Crippen molar-refractivity contribution in [1.82, 2.24) is 10.2 Å². The van der Waals surface area contributed by atoms with Crippen LogP contribution < -0.4 is 21.7 Å². The quantitative estimate of drug-likeness (QED) is 0.356. The van der Waals surface area contributed by atoms with E-state index in [0.717, 1.165) is 50.6 Å². The maximum atomic E-state index is 12.9. The molecule has 0 unspecified atom stereocenters. The number of hydrogen-bond donors (Lipinski definition) is 4. The van der Waals surface area contributed by atoms with Crippen LogP contribution >= 0.6 is 0 Å². The molecule has 8 heteroatoms. The van der Waals surface area contributed by atoms with Gasteiger partial charge in [0.1, 0.15) is 0 Å². The smallest absolute Gasteiger partial charge is 0.255 e. The van der Waals surface area contributed by atoms with Gasteiger partial charge in [0.05, 0.1) is 30.2 Å². The van der Waals surface area contributed by atoms with Gasteiger partial charge in [-0.05, 0) is 42.0 Å². The monoisotopic (exact) mass is 473 g/mol. The van der Waals surface area contributed by atoms with E-state index in [1.807, 2.05) is 48.5 Å². The molecule has 0 atom stereocenters.